The molecule has 0 aromatic heterocycles. The average Bonchev–Trinajstić information content (AvgIpc) is 2.14. The van der Waals surface area contributed by atoms with E-state index in [1.807, 2.05) is 6.92 Å². The molecule has 0 amide bonds. The number of nitrogens with two attached hydrogens (primary N) is 1. The van der Waals surface area contributed by atoms with E-state index in [1.165, 1.54) is 6.66 Å². The largest absolute Gasteiger partial charge is 0.464 e. The Morgan fingerprint density at radius 3 is 2.31 bits per heavy atom. The van der Waals surface area contributed by atoms with Crippen molar-refractivity contribution in [2.75, 3.05) is 19.9 Å². The summed E-state index contributed by atoms with van der Waals surface area (Å²) in [6.45, 7) is 3.31. The lowest BCUT2D eigenvalue weighted by Crippen LogP contribution is -2.35. The highest BCUT2D eigenvalue weighted by atomic mass is 35.9. The van der Waals surface area contributed by atoms with Crippen LogP contribution in [0, 0.1) is 0 Å². The van der Waals surface area contributed by atoms with Crippen molar-refractivity contribution in [1.82, 2.24) is 0 Å². The van der Waals surface area contributed by atoms with Gasteiger partial charge in [0.2, 0.25) is 5.85 Å². The Hall–Kier alpha value is 0.200. The number of ether oxygens (including phenoxy) is 1. The van der Waals surface area contributed by atoms with Gasteiger partial charge >= 0.3 is 5.97 Å². The summed E-state index contributed by atoms with van der Waals surface area (Å²) >= 11 is 9.70. The van der Waals surface area contributed by atoms with E-state index in [1.54, 1.807) is 0 Å². The molecule has 0 saturated carbocycles. The number of aliphatic hydroxyl groups excluding tert-OH is 1. The maximum Gasteiger partial charge on any atom is 0.325 e. The van der Waals surface area contributed by atoms with Crippen LogP contribution in [-0.4, -0.2) is 37.0 Å². The second-order valence-electron chi connectivity index (χ2n) is 3.03. The van der Waals surface area contributed by atoms with Crippen molar-refractivity contribution >= 4 is 34.3 Å². The van der Waals surface area contributed by atoms with Crippen LogP contribution in [0.2, 0.25) is 0 Å². The molecule has 0 aliphatic carbocycles. The van der Waals surface area contributed by atoms with E-state index in [0.29, 0.717) is 6.61 Å². The van der Waals surface area contributed by atoms with Crippen molar-refractivity contribution in [2.45, 2.75) is 25.8 Å². The van der Waals surface area contributed by atoms with Gasteiger partial charge in [0.05, 0.1) is 13.2 Å². The fourth-order valence-electron chi connectivity index (χ4n) is 0.499. The molecule has 0 bridgehead atoms. The van der Waals surface area contributed by atoms with Gasteiger partial charge in [-0.15, -0.1) is 0 Å². The first-order valence-corrected chi connectivity index (χ1v) is 8.68. The first-order valence-electron chi connectivity index (χ1n) is 4.72. The number of unbranched alkanes of at least 4 members (excludes halogenated alkanes) is 1. The van der Waals surface area contributed by atoms with E-state index >= 15 is 0 Å². The topological polar surface area (TPSA) is 89.6 Å². The van der Waals surface area contributed by atoms with Crippen LogP contribution in [0.3, 0.4) is 0 Å². The van der Waals surface area contributed by atoms with E-state index in [-0.39, 0.29) is 6.61 Å². The minimum Gasteiger partial charge on any atom is -0.464 e. The molecule has 0 aromatic carbocycles. The summed E-state index contributed by atoms with van der Waals surface area (Å²) < 4.78 is 14.5. The molecule has 0 rings (SSSR count). The zero-order chi connectivity index (χ0) is 13.2. The summed E-state index contributed by atoms with van der Waals surface area (Å²) in [4.78, 5) is 10.7. The second kappa shape index (κ2) is 10.4. The van der Waals surface area contributed by atoms with Crippen molar-refractivity contribution in [2.24, 2.45) is 5.73 Å². The van der Waals surface area contributed by atoms with E-state index in [0.717, 1.165) is 12.8 Å². The molecule has 3 N–H and O–H groups in total. The van der Waals surface area contributed by atoms with Crippen LogP contribution in [0.5, 0.6) is 0 Å². The third-order valence-corrected chi connectivity index (χ3v) is 1.24. The number of halogens is 2. The number of carbonyl (C=O) groups excluding carboxylic acids is 1. The molecule has 0 aromatic rings. The van der Waals surface area contributed by atoms with Gasteiger partial charge in [0.25, 0.3) is 0 Å². The van der Waals surface area contributed by atoms with Gasteiger partial charge in [-0.2, -0.15) is 0 Å². The lowest BCUT2D eigenvalue weighted by molar-refractivity contribution is -0.146. The summed E-state index contributed by atoms with van der Waals surface area (Å²) in [5.41, 5.74) is 5.17. The normalized spacial score (nSPS) is 12.4. The summed E-state index contributed by atoms with van der Waals surface area (Å²) in [5, 5.41) is 8.44. The minimum absolute atomic E-state index is 0.356. The Bertz CT molecular complexity index is 226. The molecule has 0 spiro atoms. The number of carbonyl (C=O) groups is 1. The Balaban J connectivity index is 0. The van der Waals surface area contributed by atoms with E-state index in [2.05, 4.69) is 0 Å². The third kappa shape index (κ3) is 19.7. The molecule has 8 heteroatoms. The second-order valence-corrected chi connectivity index (χ2v) is 8.87. The van der Waals surface area contributed by atoms with Gasteiger partial charge in [0, 0.05) is 6.66 Å². The van der Waals surface area contributed by atoms with Crippen molar-refractivity contribution in [1.29, 1.82) is 0 Å². The highest BCUT2D eigenvalue weighted by molar-refractivity contribution is 8.08. The molecule has 16 heavy (non-hydrogen) atoms. The molecule has 98 valence electrons. The molecular weight excluding hydrogens is 276 g/mol. The SMILES string of the molecule is CCCCOC(=O)C(N)CO.CP(=O)(Cl)Cl. The monoisotopic (exact) mass is 293 g/mol. The Morgan fingerprint density at radius 1 is 1.56 bits per heavy atom. The summed E-state index contributed by atoms with van der Waals surface area (Å²) in [7, 11) is 0. The maximum atomic E-state index is 10.7. The average molecular weight is 294 g/mol. The zero-order valence-electron chi connectivity index (χ0n) is 9.36. The summed E-state index contributed by atoms with van der Waals surface area (Å²) in [6, 6.07) is -0.883. The standard InChI is InChI=1S/C7H15NO3.CH3Cl2OP/c1-2-3-4-11-7(10)6(8)5-9;1-5(2,3)4/h6,9H,2-5,8H2,1H3;1H3. The van der Waals surface area contributed by atoms with Crippen molar-refractivity contribution in [3.05, 3.63) is 0 Å². The van der Waals surface area contributed by atoms with Crippen LogP contribution in [-0.2, 0) is 14.1 Å². The molecule has 1 atom stereocenters. The van der Waals surface area contributed by atoms with Gasteiger partial charge in [-0.1, -0.05) is 13.3 Å². The zero-order valence-corrected chi connectivity index (χ0v) is 11.8. The predicted molar refractivity (Wildman–Crippen MR) is 66.2 cm³/mol. The number of rotatable bonds is 5. The summed E-state index contributed by atoms with van der Waals surface area (Å²) in [5.74, 6) is -3.22. The van der Waals surface area contributed by atoms with E-state index < -0.39 is 17.9 Å². The Kier molecular flexibility index (Phi) is 12.0. The minimum atomic E-state index is -2.69. The van der Waals surface area contributed by atoms with Crippen LogP contribution in [0.1, 0.15) is 19.8 Å². The van der Waals surface area contributed by atoms with Gasteiger partial charge in [0.1, 0.15) is 6.04 Å². The van der Waals surface area contributed by atoms with Crippen LogP contribution >= 0.6 is 28.3 Å². The van der Waals surface area contributed by atoms with Crippen LogP contribution in [0.25, 0.3) is 0 Å². The number of hydrogen-bond acceptors (Lipinski definition) is 5. The fraction of sp³-hybridized carbons (Fsp3) is 0.875. The number of esters is 1. The van der Waals surface area contributed by atoms with Gasteiger partial charge in [-0.05, 0) is 28.9 Å². The van der Waals surface area contributed by atoms with Crippen LogP contribution < -0.4 is 5.73 Å². The van der Waals surface area contributed by atoms with Gasteiger partial charge in [-0.3, -0.25) is 9.36 Å². The van der Waals surface area contributed by atoms with E-state index in [4.69, 9.17) is 38.1 Å². The smallest absolute Gasteiger partial charge is 0.325 e. The first kappa shape index (κ1) is 18.6. The van der Waals surface area contributed by atoms with Crippen molar-refractivity contribution in [3.8, 4) is 0 Å². The molecule has 0 saturated heterocycles. The Labute approximate surface area is 105 Å². The number of hydrogen-bond donors (Lipinski definition) is 2. The van der Waals surface area contributed by atoms with Crippen molar-refractivity contribution in [3.63, 3.8) is 0 Å². The van der Waals surface area contributed by atoms with Gasteiger partial charge in [0.15, 0.2) is 0 Å². The molecule has 5 nitrogen and oxygen atoms in total. The molecule has 0 heterocycles. The molecule has 0 aliphatic heterocycles. The number of aliphatic hydroxyl groups is 1. The lowest BCUT2D eigenvalue weighted by atomic mass is 10.3. The summed E-state index contributed by atoms with van der Waals surface area (Å²) in [6.07, 6.45) is 1.81. The molecule has 0 aliphatic rings. The maximum absolute atomic E-state index is 10.7. The first-order chi connectivity index (χ1) is 7.22. The molecular formula is C8H18Cl2NO4P. The van der Waals surface area contributed by atoms with E-state index in [9.17, 15) is 9.36 Å². The quantitative estimate of drug-likeness (QED) is 0.459. The highest BCUT2D eigenvalue weighted by Crippen LogP contribution is 2.52. The molecule has 0 fully saturated rings. The van der Waals surface area contributed by atoms with Crippen LogP contribution in [0.4, 0.5) is 0 Å². The molecule has 1 unspecified atom stereocenters. The predicted octanol–water partition coefficient (Wildman–Crippen LogP) is 1.94. The van der Waals surface area contributed by atoms with Crippen molar-refractivity contribution < 1.29 is 19.2 Å². The van der Waals surface area contributed by atoms with Crippen LogP contribution in [0.15, 0.2) is 0 Å². The lowest BCUT2D eigenvalue weighted by Gasteiger charge is -2.07. The van der Waals surface area contributed by atoms with Gasteiger partial charge in [-0.25, -0.2) is 0 Å². The molecule has 0 radical (unpaired) electrons. The highest BCUT2D eigenvalue weighted by Gasteiger charge is 2.12. The Morgan fingerprint density at radius 2 is 2.00 bits per heavy atom. The fourth-order valence-corrected chi connectivity index (χ4v) is 0.499. The van der Waals surface area contributed by atoms with Gasteiger partial charge < -0.3 is 15.6 Å². The third-order valence-electron chi connectivity index (χ3n) is 1.24.